The second kappa shape index (κ2) is 7.16. The van der Waals surface area contributed by atoms with Gasteiger partial charge in [0.25, 0.3) is 0 Å². The van der Waals surface area contributed by atoms with E-state index in [1.165, 1.54) is 0 Å². The van der Waals surface area contributed by atoms with Crippen molar-refractivity contribution in [2.75, 3.05) is 0 Å². The van der Waals surface area contributed by atoms with E-state index in [1.807, 2.05) is 6.92 Å². The predicted octanol–water partition coefficient (Wildman–Crippen LogP) is 3.66. The van der Waals surface area contributed by atoms with Gasteiger partial charge in [-0.25, -0.2) is 0 Å². The molecule has 0 N–H and O–H groups in total. The summed E-state index contributed by atoms with van der Waals surface area (Å²) in [5, 5.41) is 0. The van der Waals surface area contributed by atoms with Gasteiger partial charge >= 0.3 is 84.7 Å². The fourth-order valence-corrected chi connectivity index (χ4v) is 5.63. The standard InChI is InChI=1S/C4H9.3N3.Sn/c1-3-4-2;3*1-3-2;/h1,3-4H2,2H3;;;;/q;3*-1;+3. The van der Waals surface area contributed by atoms with Crippen molar-refractivity contribution in [3.63, 3.8) is 0 Å². The molecule has 0 spiro atoms. The van der Waals surface area contributed by atoms with Crippen molar-refractivity contribution in [1.29, 1.82) is 0 Å². The molecule has 0 fully saturated rings. The molecule has 0 heterocycles. The normalized spacial score (nSPS) is 12.6. The molecular formula is C4H9N9Sn. The Balaban J connectivity index is 5.01. The van der Waals surface area contributed by atoms with Crippen LogP contribution >= 0.6 is 0 Å². The van der Waals surface area contributed by atoms with E-state index in [9.17, 15) is 0 Å². The van der Waals surface area contributed by atoms with E-state index in [1.54, 1.807) is 0 Å². The fraction of sp³-hybridized carbons (Fsp3) is 1.00. The first-order valence-electron chi connectivity index (χ1n) is 3.93. The van der Waals surface area contributed by atoms with Crippen LogP contribution in [0, 0.1) is 0 Å². The summed E-state index contributed by atoms with van der Waals surface area (Å²) in [5.41, 5.74) is 24.9. The molecule has 0 aliphatic rings. The first-order chi connectivity index (χ1) is 6.74. The number of unbranched alkanes of at least 4 members (excludes halogenated alkanes) is 1. The van der Waals surface area contributed by atoms with Crippen LogP contribution in [0.15, 0.2) is 10.0 Å². The maximum absolute atomic E-state index is 8.30. The van der Waals surface area contributed by atoms with Gasteiger partial charge in [-0.1, -0.05) is 0 Å². The molecule has 0 unspecified atom stereocenters. The Kier molecular flexibility index (Phi) is 6.51. The van der Waals surface area contributed by atoms with E-state index in [-0.39, 0.29) is 0 Å². The topological polar surface area (TPSA) is 146 Å². The van der Waals surface area contributed by atoms with Crippen LogP contribution in [0.4, 0.5) is 0 Å². The van der Waals surface area contributed by atoms with Crippen molar-refractivity contribution in [2.45, 2.75) is 24.2 Å². The van der Waals surface area contributed by atoms with E-state index in [0.717, 1.165) is 12.8 Å². The van der Waals surface area contributed by atoms with Crippen molar-refractivity contribution in [3.8, 4) is 0 Å². The molecule has 0 saturated heterocycles. The van der Waals surface area contributed by atoms with E-state index >= 15 is 0 Å². The number of azide groups is 1. The van der Waals surface area contributed by atoms with Gasteiger partial charge in [0.2, 0.25) is 0 Å². The molecule has 0 amide bonds. The average molecular weight is 302 g/mol. The Morgan fingerprint density at radius 2 is 1.43 bits per heavy atom. The Morgan fingerprint density at radius 1 is 1.00 bits per heavy atom. The van der Waals surface area contributed by atoms with Crippen LogP contribution in [-0.2, 0) is 0 Å². The molecule has 74 valence electrons. The maximum atomic E-state index is 8.30. The monoisotopic (exact) mass is 303 g/mol. The van der Waals surface area contributed by atoms with Gasteiger partial charge in [0.15, 0.2) is 0 Å². The minimum absolute atomic E-state index is 0.420. The molecule has 0 bridgehead atoms. The van der Waals surface area contributed by atoms with Crippen molar-refractivity contribution >= 4 is 19.2 Å². The molecule has 0 rings (SSSR count). The molecule has 0 atom stereocenters. The molecule has 9 nitrogen and oxygen atoms in total. The molecule has 0 radical (unpaired) electrons. The van der Waals surface area contributed by atoms with Crippen molar-refractivity contribution in [2.24, 2.45) is 10.0 Å². The fourth-order valence-electron chi connectivity index (χ4n) is 0.839. The molecule has 0 aromatic carbocycles. The molecule has 0 aromatic heterocycles. The molecule has 14 heavy (non-hydrogen) atoms. The molecule has 10 heteroatoms. The molecule has 0 saturated carbocycles. The molecule has 0 aliphatic heterocycles. The Hall–Kier alpha value is -1.27. The first-order valence-corrected chi connectivity index (χ1v) is 9.78. The summed E-state index contributed by atoms with van der Waals surface area (Å²) in [6, 6.07) is 0. The van der Waals surface area contributed by atoms with Gasteiger partial charge < -0.3 is 0 Å². The van der Waals surface area contributed by atoms with Gasteiger partial charge in [-0.2, -0.15) is 0 Å². The Morgan fingerprint density at radius 3 is 1.71 bits per heavy atom. The Labute approximate surface area is 84.9 Å². The van der Waals surface area contributed by atoms with Gasteiger partial charge in [-0.15, -0.1) is 0 Å². The van der Waals surface area contributed by atoms with Crippen LogP contribution in [0.3, 0.4) is 0 Å². The van der Waals surface area contributed by atoms with E-state index in [0.29, 0.717) is 4.44 Å². The third-order valence-corrected chi connectivity index (χ3v) is 7.91. The second-order valence-electron chi connectivity index (χ2n) is 2.45. The van der Waals surface area contributed by atoms with Crippen LogP contribution in [0.2, 0.25) is 4.44 Å². The zero-order valence-electron chi connectivity index (χ0n) is 7.65. The summed E-state index contributed by atoms with van der Waals surface area (Å²) in [6.07, 6.45) is 1.59. The van der Waals surface area contributed by atoms with Crippen molar-refractivity contribution < 1.29 is 0 Å². The first kappa shape index (κ1) is 12.7. The predicted molar refractivity (Wildman–Crippen MR) is 52.9 cm³/mol. The SMILES string of the molecule is CCC[CH2][Sn]([N]=[N+]=[N-])([N]=[N+]=[N-])[N]=[N+]=[N-]. The van der Waals surface area contributed by atoms with Crippen LogP contribution in [0.25, 0.3) is 31.3 Å². The third-order valence-electron chi connectivity index (χ3n) is 1.48. The van der Waals surface area contributed by atoms with Crippen LogP contribution in [0.5, 0.6) is 0 Å². The summed E-state index contributed by atoms with van der Waals surface area (Å²) in [7, 11) is 0. The second-order valence-corrected chi connectivity index (χ2v) is 10.0. The number of hydrogen-bond acceptors (Lipinski definition) is 3. The van der Waals surface area contributed by atoms with Gasteiger partial charge in [0, 0.05) is 0 Å². The van der Waals surface area contributed by atoms with Crippen molar-refractivity contribution in [3.05, 3.63) is 31.3 Å². The number of nitrogens with zero attached hydrogens (tertiary/aromatic N) is 9. The summed E-state index contributed by atoms with van der Waals surface area (Å²) in [4.78, 5) is 7.76. The number of rotatable bonds is 6. The zero-order chi connectivity index (χ0) is 10.9. The van der Waals surface area contributed by atoms with Gasteiger partial charge in [-0.3, -0.25) is 0 Å². The number of hydrogen-bond donors (Lipinski definition) is 0. The summed E-state index contributed by atoms with van der Waals surface area (Å²) >= 11 is -3.97. The van der Waals surface area contributed by atoms with Crippen LogP contribution < -0.4 is 0 Å². The van der Waals surface area contributed by atoms with E-state index < -0.39 is 19.2 Å². The van der Waals surface area contributed by atoms with Gasteiger partial charge in [-0.05, 0) is 0 Å². The van der Waals surface area contributed by atoms with Crippen LogP contribution in [-0.4, -0.2) is 19.2 Å². The minimum atomic E-state index is -3.97. The third kappa shape index (κ3) is 4.10. The van der Waals surface area contributed by atoms with Crippen LogP contribution in [0.1, 0.15) is 19.8 Å². The molecule has 0 aliphatic carbocycles. The van der Waals surface area contributed by atoms with E-state index in [4.69, 9.17) is 16.6 Å². The summed E-state index contributed by atoms with van der Waals surface area (Å²) in [6.45, 7) is 1.94. The quantitative estimate of drug-likeness (QED) is 0.305. The molecule has 0 aromatic rings. The summed E-state index contributed by atoms with van der Waals surface area (Å²) < 4.78 is 10.7. The summed E-state index contributed by atoms with van der Waals surface area (Å²) in [5.74, 6) is 0. The molecular weight excluding hydrogens is 293 g/mol. The zero-order valence-corrected chi connectivity index (χ0v) is 10.5. The Bertz CT molecular complexity index is 272. The van der Waals surface area contributed by atoms with Gasteiger partial charge in [0.05, 0.1) is 0 Å². The van der Waals surface area contributed by atoms with E-state index in [2.05, 4.69) is 24.7 Å². The van der Waals surface area contributed by atoms with Gasteiger partial charge in [0.1, 0.15) is 0 Å². The van der Waals surface area contributed by atoms with Crippen molar-refractivity contribution in [1.82, 2.24) is 0 Å². The average Bonchev–Trinajstić information content (AvgIpc) is 2.16.